The summed E-state index contributed by atoms with van der Waals surface area (Å²) in [5.74, 6) is -0.585. The first kappa shape index (κ1) is 15.0. The number of benzene rings is 1. The predicted octanol–water partition coefficient (Wildman–Crippen LogP) is 1.74. The molecule has 0 radical (unpaired) electrons. The Bertz CT molecular complexity index is 445. The predicted molar refractivity (Wildman–Crippen MR) is 71.1 cm³/mol. The molecule has 0 bridgehead atoms. The fraction of sp³-hybridized carbons (Fsp3) is 0.429. The molecule has 1 aromatic rings. The summed E-state index contributed by atoms with van der Waals surface area (Å²) in [5.41, 5.74) is 1.05. The van der Waals surface area contributed by atoms with Crippen LogP contribution >= 0.6 is 0 Å². The highest BCUT2D eigenvalue weighted by atomic mass is 16.5. The van der Waals surface area contributed by atoms with Crippen LogP contribution in [-0.2, 0) is 9.59 Å². The van der Waals surface area contributed by atoms with Crippen molar-refractivity contribution in [2.75, 3.05) is 6.54 Å². The average Bonchev–Trinajstić information content (AvgIpc) is 2.35. The van der Waals surface area contributed by atoms with E-state index in [-0.39, 0.29) is 18.9 Å². The maximum atomic E-state index is 11.8. The van der Waals surface area contributed by atoms with Crippen LogP contribution in [0.4, 0.5) is 0 Å². The van der Waals surface area contributed by atoms with E-state index in [1.54, 1.807) is 6.07 Å². The molecule has 1 atom stereocenters. The van der Waals surface area contributed by atoms with Gasteiger partial charge in [-0.05, 0) is 31.0 Å². The molecule has 0 aliphatic rings. The summed E-state index contributed by atoms with van der Waals surface area (Å²) in [6, 6.07) is 7.45. The molecule has 1 aromatic carbocycles. The average molecular weight is 265 g/mol. The molecule has 0 fully saturated rings. The number of carbonyl (C=O) groups excluding carboxylic acids is 1. The molecule has 5 nitrogen and oxygen atoms in total. The van der Waals surface area contributed by atoms with E-state index in [0.717, 1.165) is 5.56 Å². The first-order valence-electron chi connectivity index (χ1n) is 6.25. The molecule has 0 aliphatic carbocycles. The van der Waals surface area contributed by atoms with Gasteiger partial charge < -0.3 is 15.2 Å². The van der Waals surface area contributed by atoms with Crippen LogP contribution in [0.1, 0.15) is 25.3 Å². The lowest BCUT2D eigenvalue weighted by atomic mass is 10.2. The van der Waals surface area contributed by atoms with Gasteiger partial charge in [0.05, 0.1) is 6.42 Å². The summed E-state index contributed by atoms with van der Waals surface area (Å²) in [4.78, 5) is 22.2. The van der Waals surface area contributed by atoms with Crippen LogP contribution in [0.25, 0.3) is 0 Å². The zero-order valence-electron chi connectivity index (χ0n) is 11.2. The first-order valence-corrected chi connectivity index (χ1v) is 6.25. The number of carbonyl (C=O) groups is 2. The quantitative estimate of drug-likeness (QED) is 0.787. The van der Waals surface area contributed by atoms with Gasteiger partial charge >= 0.3 is 5.97 Å². The monoisotopic (exact) mass is 265 g/mol. The lowest BCUT2D eigenvalue weighted by Crippen LogP contribution is -2.38. The SMILES string of the molecule is CCC(Oc1cccc(C)c1)C(=O)NCCC(=O)O. The second-order valence-corrected chi connectivity index (χ2v) is 4.27. The van der Waals surface area contributed by atoms with Crippen molar-refractivity contribution in [3.05, 3.63) is 29.8 Å². The van der Waals surface area contributed by atoms with Crippen molar-refractivity contribution in [3.63, 3.8) is 0 Å². The van der Waals surface area contributed by atoms with Gasteiger partial charge in [-0.3, -0.25) is 9.59 Å². The van der Waals surface area contributed by atoms with E-state index < -0.39 is 12.1 Å². The Morgan fingerprint density at radius 3 is 2.74 bits per heavy atom. The highest BCUT2D eigenvalue weighted by molar-refractivity contribution is 5.81. The number of amides is 1. The van der Waals surface area contributed by atoms with Crippen molar-refractivity contribution in [1.29, 1.82) is 0 Å². The molecule has 104 valence electrons. The van der Waals surface area contributed by atoms with Gasteiger partial charge in [0.2, 0.25) is 0 Å². The minimum atomic E-state index is -0.937. The molecule has 19 heavy (non-hydrogen) atoms. The zero-order valence-corrected chi connectivity index (χ0v) is 11.2. The van der Waals surface area contributed by atoms with E-state index in [1.807, 2.05) is 32.0 Å². The summed E-state index contributed by atoms with van der Waals surface area (Å²) in [7, 11) is 0. The normalized spacial score (nSPS) is 11.7. The molecule has 0 aliphatic heterocycles. The third-order valence-electron chi connectivity index (χ3n) is 2.57. The van der Waals surface area contributed by atoms with Crippen LogP contribution in [0, 0.1) is 6.92 Å². The largest absolute Gasteiger partial charge is 0.481 e. The molecule has 0 spiro atoms. The lowest BCUT2D eigenvalue weighted by Gasteiger charge is -2.17. The third kappa shape index (κ3) is 5.42. The Morgan fingerprint density at radius 1 is 1.42 bits per heavy atom. The van der Waals surface area contributed by atoms with Gasteiger partial charge in [0.15, 0.2) is 6.10 Å². The van der Waals surface area contributed by atoms with Crippen molar-refractivity contribution in [2.24, 2.45) is 0 Å². The van der Waals surface area contributed by atoms with E-state index >= 15 is 0 Å². The Hall–Kier alpha value is -2.04. The van der Waals surface area contributed by atoms with Crippen molar-refractivity contribution in [1.82, 2.24) is 5.32 Å². The molecular formula is C14H19NO4. The van der Waals surface area contributed by atoms with Crippen LogP contribution in [0.2, 0.25) is 0 Å². The number of aryl methyl sites for hydroxylation is 1. The van der Waals surface area contributed by atoms with E-state index in [9.17, 15) is 9.59 Å². The van der Waals surface area contributed by atoms with Gasteiger partial charge in [-0.1, -0.05) is 19.1 Å². The fourth-order valence-corrected chi connectivity index (χ4v) is 1.58. The maximum Gasteiger partial charge on any atom is 0.305 e. The molecule has 5 heteroatoms. The number of rotatable bonds is 7. The molecule has 1 rings (SSSR count). The molecule has 0 saturated carbocycles. The van der Waals surface area contributed by atoms with Crippen molar-refractivity contribution < 1.29 is 19.4 Å². The standard InChI is InChI=1S/C14H19NO4/c1-3-12(14(18)15-8-7-13(16)17)19-11-6-4-5-10(2)9-11/h4-6,9,12H,3,7-8H2,1-2H3,(H,15,18)(H,16,17). The summed E-state index contributed by atoms with van der Waals surface area (Å²) < 4.78 is 5.60. The van der Waals surface area contributed by atoms with Crippen LogP contribution in [-0.4, -0.2) is 29.6 Å². The fourth-order valence-electron chi connectivity index (χ4n) is 1.58. The summed E-state index contributed by atoms with van der Waals surface area (Å²) in [6.45, 7) is 3.90. The molecule has 0 aromatic heterocycles. The minimum Gasteiger partial charge on any atom is -0.481 e. The Morgan fingerprint density at radius 2 is 2.16 bits per heavy atom. The maximum absolute atomic E-state index is 11.8. The van der Waals surface area contributed by atoms with E-state index in [0.29, 0.717) is 12.2 Å². The van der Waals surface area contributed by atoms with Crippen LogP contribution in [0.5, 0.6) is 5.75 Å². The summed E-state index contributed by atoms with van der Waals surface area (Å²) in [5, 5.41) is 11.1. The Labute approximate surface area is 112 Å². The molecule has 0 heterocycles. The molecule has 0 saturated heterocycles. The lowest BCUT2D eigenvalue weighted by molar-refractivity contribution is -0.137. The summed E-state index contributed by atoms with van der Waals surface area (Å²) >= 11 is 0. The second kappa shape index (κ2) is 7.41. The molecular weight excluding hydrogens is 246 g/mol. The van der Waals surface area contributed by atoms with Gasteiger partial charge in [-0.15, -0.1) is 0 Å². The van der Waals surface area contributed by atoms with E-state index in [4.69, 9.17) is 9.84 Å². The van der Waals surface area contributed by atoms with Gasteiger partial charge in [0, 0.05) is 6.54 Å². The smallest absolute Gasteiger partial charge is 0.305 e. The molecule has 2 N–H and O–H groups in total. The van der Waals surface area contributed by atoms with Gasteiger partial charge in [0.1, 0.15) is 5.75 Å². The van der Waals surface area contributed by atoms with Crippen molar-refractivity contribution >= 4 is 11.9 Å². The number of carboxylic acids is 1. The van der Waals surface area contributed by atoms with Crippen LogP contribution in [0.15, 0.2) is 24.3 Å². The number of carboxylic acid groups (broad SMARTS) is 1. The summed E-state index contributed by atoms with van der Waals surface area (Å²) in [6.07, 6.45) is -0.171. The van der Waals surface area contributed by atoms with Gasteiger partial charge in [-0.25, -0.2) is 0 Å². The van der Waals surface area contributed by atoms with Gasteiger partial charge in [-0.2, -0.15) is 0 Å². The highest BCUT2D eigenvalue weighted by Gasteiger charge is 2.18. The van der Waals surface area contributed by atoms with Crippen LogP contribution < -0.4 is 10.1 Å². The van der Waals surface area contributed by atoms with Crippen LogP contribution in [0.3, 0.4) is 0 Å². The second-order valence-electron chi connectivity index (χ2n) is 4.27. The van der Waals surface area contributed by atoms with Gasteiger partial charge in [0.25, 0.3) is 5.91 Å². The number of nitrogens with one attached hydrogen (secondary N) is 1. The Balaban J connectivity index is 2.52. The van der Waals surface area contributed by atoms with Crippen molar-refractivity contribution in [2.45, 2.75) is 32.8 Å². The highest BCUT2D eigenvalue weighted by Crippen LogP contribution is 2.15. The first-order chi connectivity index (χ1) is 9.02. The third-order valence-corrected chi connectivity index (χ3v) is 2.57. The number of aliphatic carboxylic acids is 1. The number of ether oxygens (including phenoxy) is 1. The van der Waals surface area contributed by atoms with Crippen molar-refractivity contribution in [3.8, 4) is 5.75 Å². The van der Waals surface area contributed by atoms with E-state index in [2.05, 4.69) is 5.32 Å². The Kier molecular flexibility index (Phi) is 5.85. The topological polar surface area (TPSA) is 75.6 Å². The molecule has 1 amide bonds. The number of hydrogen-bond acceptors (Lipinski definition) is 3. The minimum absolute atomic E-state index is 0.0907. The molecule has 1 unspecified atom stereocenters. The van der Waals surface area contributed by atoms with E-state index in [1.165, 1.54) is 0 Å². The zero-order chi connectivity index (χ0) is 14.3. The number of hydrogen-bond donors (Lipinski definition) is 2.